The van der Waals surface area contributed by atoms with Gasteiger partial charge in [0.2, 0.25) is 12.7 Å². The molecule has 1 aliphatic rings. The molecule has 1 amide bonds. The number of nitrogens with two attached hydrogens (primary N) is 1. The fourth-order valence-electron chi connectivity index (χ4n) is 2.07. The maximum absolute atomic E-state index is 11.2. The van der Waals surface area contributed by atoms with Crippen LogP contribution in [-0.2, 0) is 6.54 Å². The van der Waals surface area contributed by atoms with Gasteiger partial charge in [0, 0.05) is 22.3 Å². The number of hydrogen-bond donors (Lipinski definition) is 2. The van der Waals surface area contributed by atoms with Crippen LogP contribution in [0.4, 0.5) is 5.69 Å². The molecule has 108 valence electrons. The number of carbonyl (C=O) groups is 1. The third-order valence-corrected chi connectivity index (χ3v) is 3.91. The normalized spacial score (nSPS) is 12.2. The number of ether oxygens (including phenoxy) is 2. The van der Waals surface area contributed by atoms with Crippen LogP contribution in [0.1, 0.15) is 15.9 Å². The standard InChI is InChI=1S/C15H13BrN2O3/c16-12-6-14-13(20-8-21-14)5-10(12)7-18-11-3-1-2-9(4-11)15(17)19/h1-6,18H,7-8H2,(H2,17,19). The number of primary amides is 1. The number of nitrogens with one attached hydrogen (secondary N) is 1. The molecule has 3 N–H and O–H groups in total. The Balaban J connectivity index is 1.76. The first-order valence-electron chi connectivity index (χ1n) is 6.35. The van der Waals surface area contributed by atoms with Gasteiger partial charge in [-0.3, -0.25) is 4.79 Å². The summed E-state index contributed by atoms with van der Waals surface area (Å²) in [5.41, 5.74) is 7.61. The van der Waals surface area contributed by atoms with Crippen molar-refractivity contribution in [3.63, 3.8) is 0 Å². The van der Waals surface area contributed by atoms with Crippen molar-refractivity contribution >= 4 is 27.5 Å². The lowest BCUT2D eigenvalue weighted by Gasteiger charge is -2.10. The summed E-state index contributed by atoms with van der Waals surface area (Å²) in [6.07, 6.45) is 0. The Bertz CT molecular complexity index is 703. The Morgan fingerprint density at radius 1 is 1.24 bits per heavy atom. The molecule has 0 aliphatic carbocycles. The molecule has 0 unspecified atom stereocenters. The van der Waals surface area contributed by atoms with Crippen molar-refractivity contribution in [1.29, 1.82) is 0 Å². The van der Waals surface area contributed by atoms with Gasteiger partial charge in [-0.15, -0.1) is 0 Å². The molecule has 2 aromatic rings. The predicted molar refractivity (Wildman–Crippen MR) is 82.6 cm³/mol. The molecule has 0 saturated carbocycles. The Morgan fingerprint density at radius 2 is 2.00 bits per heavy atom. The van der Waals surface area contributed by atoms with Crippen LogP contribution in [-0.4, -0.2) is 12.7 Å². The highest BCUT2D eigenvalue weighted by atomic mass is 79.9. The van der Waals surface area contributed by atoms with Gasteiger partial charge >= 0.3 is 0 Å². The maximum atomic E-state index is 11.2. The largest absolute Gasteiger partial charge is 0.454 e. The Kier molecular flexibility index (Phi) is 3.70. The molecular weight excluding hydrogens is 336 g/mol. The fourth-order valence-corrected chi connectivity index (χ4v) is 2.54. The van der Waals surface area contributed by atoms with Crippen LogP contribution in [0.5, 0.6) is 11.5 Å². The van der Waals surface area contributed by atoms with E-state index in [0.717, 1.165) is 27.2 Å². The molecule has 3 rings (SSSR count). The lowest BCUT2D eigenvalue weighted by molar-refractivity contribution is 0.100. The minimum Gasteiger partial charge on any atom is -0.454 e. The van der Waals surface area contributed by atoms with Crippen LogP contribution < -0.4 is 20.5 Å². The lowest BCUT2D eigenvalue weighted by atomic mass is 10.1. The van der Waals surface area contributed by atoms with Gasteiger partial charge in [0.15, 0.2) is 11.5 Å². The quantitative estimate of drug-likeness (QED) is 0.890. The minimum absolute atomic E-state index is 0.249. The van der Waals surface area contributed by atoms with Crippen molar-refractivity contribution in [2.45, 2.75) is 6.54 Å². The highest BCUT2D eigenvalue weighted by molar-refractivity contribution is 9.10. The Labute approximate surface area is 130 Å². The van der Waals surface area contributed by atoms with E-state index in [9.17, 15) is 4.79 Å². The van der Waals surface area contributed by atoms with Crippen molar-refractivity contribution in [3.05, 3.63) is 52.0 Å². The summed E-state index contributed by atoms with van der Waals surface area (Å²) in [5, 5.41) is 3.25. The molecule has 1 aliphatic heterocycles. The zero-order valence-corrected chi connectivity index (χ0v) is 12.6. The van der Waals surface area contributed by atoms with Crippen molar-refractivity contribution in [2.75, 3.05) is 12.1 Å². The molecule has 0 fully saturated rings. The van der Waals surface area contributed by atoms with Gasteiger partial charge in [0.25, 0.3) is 0 Å². The molecule has 0 saturated heterocycles. The number of anilines is 1. The number of amides is 1. The molecule has 2 aromatic carbocycles. The second kappa shape index (κ2) is 5.65. The van der Waals surface area contributed by atoms with Crippen molar-refractivity contribution in [2.24, 2.45) is 5.73 Å². The number of benzene rings is 2. The molecule has 0 atom stereocenters. The van der Waals surface area contributed by atoms with Gasteiger partial charge in [0.05, 0.1) is 0 Å². The second-order valence-electron chi connectivity index (χ2n) is 4.60. The van der Waals surface area contributed by atoms with Gasteiger partial charge in [-0.25, -0.2) is 0 Å². The van der Waals surface area contributed by atoms with E-state index >= 15 is 0 Å². The van der Waals surface area contributed by atoms with Gasteiger partial charge in [-0.1, -0.05) is 22.0 Å². The van der Waals surface area contributed by atoms with E-state index in [0.29, 0.717) is 12.1 Å². The van der Waals surface area contributed by atoms with E-state index in [-0.39, 0.29) is 6.79 Å². The second-order valence-corrected chi connectivity index (χ2v) is 5.45. The van der Waals surface area contributed by atoms with Crippen LogP contribution >= 0.6 is 15.9 Å². The first kappa shape index (κ1) is 13.8. The molecule has 21 heavy (non-hydrogen) atoms. The number of halogens is 1. The van der Waals surface area contributed by atoms with Crippen LogP contribution in [0.25, 0.3) is 0 Å². The maximum Gasteiger partial charge on any atom is 0.248 e. The topological polar surface area (TPSA) is 73.6 Å². The average molecular weight is 349 g/mol. The van der Waals surface area contributed by atoms with Crippen molar-refractivity contribution < 1.29 is 14.3 Å². The lowest BCUT2D eigenvalue weighted by Crippen LogP contribution is -2.11. The first-order chi connectivity index (χ1) is 10.1. The molecule has 0 radical (unpaired) electrons. The molecule has 6 heteroatoms. The summed E-state index contributed by atoms with van der Waals surface area (Å²) in [6, 6.07) is 10.9. The molecule has 0 bridgehead atoms. The van der Waals surface area contributed by atoms with E-state index in [4.69, 9.17) is 15.2 Å². The van der Waals surface area contributed by atoms with E-state index in [1.165, 1.54) is 0 Å². The Hall–Kier alpha value is -2.21. The van der Waals surface area contributed by atoms with E-state index in [2.05, 4.69) is 21.2 Å². The molecule has 5 nitrogen and oxygen atoms in total. The van der Waals surface area contributed by atoms with Crippen LogP contribution in [0.15, 0.2) is 40.9 Å². The molecule has 0 aromatic heterocycles. The summed E-state index contributed by atoms with van der Waals surface area (Å²) < 4.78 is 11.6. The smallest absolute Gasteiger partial charge is 0.248 e. The number of rotatable bonds is 4. The zero-order chi connectivity index (χ0) is 14.8. The molecule has 0 spiro atoms. The third kappa shape index (κ3) is 2.95. The third-order valence-electron chi connectivity index (χ3n) is 3.17. The van der Waals surface area contributed by atoms with Gasteiger partial charge < -0.3 is 20.5 Å². The average Bonchev–Trinajstić information content (AvgIpc) is 2.92. The summed E-state index contributed by atoms with van der Waals surface area (Å²) in [6.45, 7) is 0.832. The summed E-state index contributed by atoms with van der Waals surface area (Å²) in [4.78, 5) is 11.2. The van der Waals surface area contributed by atoms with Crippen LogP contribution in [0.3, 0.4) is 0 Å². The summed E-state index contributed by atoms with van der Waals surface area (Å²) >= 11 is 3.51. The number of fused-ring (bicyclic) bond motifs is 1. The Morgan fingerprint density at radius 3 is 2.76 bits per heavy atom. The minimum atomic E-state index is -0.442. The molecule has 1 heterocycles. The van der Waals surface area contributed by atoms with E-state index < -0.39 is 5.91 Å². The van der Waals surface area contributed by atoms with Crippen LogP contribution in [0, 0.1) is 0 Å². The monoisotopic (exact) mass is 348 g/mol. The van der Waals surface area contributed by atoms with Crippen LogP contribution in [0.2, 0.25) is 0 Å². The molecular formula is C15H13BrN2O3. The van der Waals surface area contributed by atoms with Gasteiger partial charge in [0.1, 0.15) is 0 Å². The summed E-state index contributed by atoms with van der Waals surface area (Å²) in [7, 11) is 0. The van der Waals surface area contributed by atoms with Gasteiger partial charge in [-0.2, -0.15) is 0 Å². The zero-order valence-electron chi connectivity index (χ0n) is 11.1. The highest BCUT2D eigenvalue weighted by Gasteiger charge is 2.16. The number of hydrogen-bond acceptors (Lipinski definition) is 4. The fraction of sp³-hybridized carbons (Fsp3) is 0.133. The highest BCUT2D eigenvalue weighted by Crippen LogP contribution is 2.37. The van der Waals surface area contributed by atoms with Crippen molar-refractivity contribution in [3.8, 4) is 11.5 Å². The first-order valence-corrected chi connectivity index (χ1v) is 7.14. The number of carbonyl (C=O) groups excluding carboxylic acids is 1. The van der Waals surface area contributed by atoms with Gasteiger partial charge in [-0.05, 0) is 35.9 Å². The summed E-state index contributed by atoms with van der Waals surface area (Å²) in [5.74, 6) is 1.03. The van der Waals surface area contributed by atoms with E-state index in [1.54, 1.807) is 18.2 Å². The SMILES string of the molecule is NC(=O)c1cccc(NCc2cc3c(cc2Br)OCO3)c1. The predicted octanol–water partition coefficient (Wildman–Crippen LogP) is 2.89. The van der Waals surface area contributed by atoms with E-state index in [1.807, 2.05) is 18.2 Å². The van der Waals surface area contributed by atoms with Crippen molar-refractivity contribution in [1.82, 2.24) is 0 Å².